The molecule has 92 valence electrons. The van der Waals surface area contributed by atoms with Gasteiger partial charge in [0.1, 0.15) is 5.69 Å². The smallest absolute Gasteiger partial charge is 0.274 e. The molecule has 1 aliphatic carbocycles. The maximum atomic E-state index is 11.9. The molecule has 0 spiro atoms. The lowest BCUT2D eigenvalue weighted by Gasteiger charge is -2.35. The van der Waals surface area contributed by atoms with Gasteiger partial charge in [0.05, 0.1) is 12.1 Å². The minimum atomic E-state index is -0.351. The van der Waals surface area contributed by atoms with E-state index in [0.717, 1.165) is 12.8 Å². The molecule has 0 aromatic carbocycles. The second kappa shape index (κ2) is 4.14. The Hall–Kier alpha value is -1.36. The first-order valence-electron chi connectivity index (χ1n) is 6.26. The monoisotopic (exact) mass is 235 g/mol. The van der Waals surface area contributed by atoms with E-state index in [4.69, 9.17) is 0 Å². The molecule has 0 radical (unpaired) electrons. The molecule has 0 atom stereocenters. The van der Waals surface area contributed by atoms with Gasteiger partial charge < -0.3 is 10.0 Å². The third kappa shape index (κ3) is 1.95. The molecule has 1 saturated heterocycles. The third-order valence-corrected chi connectivity index (χ3v) is 3.68. The molecule has 1 N–H and O–H groups in total. The zero-order chi connectivity index (χ0) is 11.8. The van der Waals surface area contributed by atoms with Gasteiger partial charge in [-0.05, 0) is 18.9 Å². The Morgan fingerprint density at radius 1 is 1.35 bits per heavy atom. The number of nitrogens with zero attached hydrogens (tertiary/aromatic N) is 3. The highest BCUT2D eigenvalue weighted by Crippen LogP contribution is 2.28. The molecule has 2 fully saturated rings. The van der Waals surface area contributed by atoms with Gasteiger partial charge in [-0.3, -0.25) is 9.48 Å². The van der Waals surface area contributed by atoms with Gasteiger partial charge >= 0.3 is 0 Å². The van der Waals surface area contributed by atoms with Gasteiger partial charge in [-0.15, -0.1) is 0 Å². The molecule has 1 amide bonds. The van der Waals surface area contributed by atoms with Crippen molar-refractivity contribution in [2.24, 2.45) is 0 Å². The van der Waals surface area contributed by atoms with E-state index >= 15 is 0 Å². The molecule has 0 bridgehead atoms. The number of β-amino-alcohol motifs (C(OH)–C–C–N with tert-alkyl or cyclic N) is 1. The minimum absolute atomic E-state index is 0.0629. The van der Waals surface area contributed by atoms with E-state index in [-0.39, 0.29) is 12.0 Å². The molecule has 5 nitrogen and oxygen atoms in total. The number of carbonyl (C=O) groups is 1. The molecule has 3 rings (SSSR count). The molecular formula is C12H17N3O2. The lowest BCUT2D eigenvalue weighted by molar-refractivity contribution is 0.00543. The summed E-state index contributed by atoms with van der Waals surface area (Å²) in [5.74, 6) is -0.0629. The summed E-state index contributed by atoms with van der Waals surface area (Å²) in [6.07, 6.45) is 6.39. The normalized spacial score (nSPS) is 21.8. The Morgan fingerprint density at radius 3 is 2.71 bits per heavy atom. The van der Waals surface area contributed by atoms with E-state index in [1.807, 2.05) is 10.9 Å². The second-order valence-electron chi connectivity index (χ2n) is 4.98. The molecule has 1 aromatic heterocycles. The fourth-order valence-corrected chi connectivity index (χ4v) is 2.61. The van der Waals surface area contributed by atoms with Gasteiger partial charge in [-0.1, -0.05) is 12.8 Å². The second-order valence-corrected chi connectivity index (χ2v) is 4.98. The largest absolute Gasteiger partial charge is 0.389 e. The highest BCUT2D eigenvalue weighted by atomic mass is 16.3. The lowest BCUT2D eigenvalue weighted by atomic mass is 10.1. The van der Waals surface area contributed by atoms with Crippen LogP contribution in [0.3, 0.4) is 0 Å². The average molecular weight is 235 g/mol. The van der Waals surface area contributed by atoms with Crippen LogP contribution >= 0.6 is 0 Å². The van der Waals surface area contributed by atoms with Gasteiger partial charge in [0.15, 0.2) is 0 Å². The van der Waals surface area contributed by atoms with E-state index in [1.54, 1.807) is 11.0 Å². The van der Waals surface area contributed by atoms with Crippen LogP contribution in [0.15, 0.2) is 12.3 Å². The van der Waals surface area contributed by atoms with Crippen LogP contribution in [0.2, 0.25) is 0 Å². The maximum Gasteiger partial charge on any atom is 0.274 e. The van der Waals surface area contributed by atoms with Crippen LogP contribution in [0.25, 0.3) is 0 Å². The van der Waals surface area contributed by atoms with Crippen molar-refractivity contribution in [3.63, 3.8) is 0 Å². The predicted molar refractivity (Wildman–Crippen MR) is 61.6 cm³/mol. The van der Waals surface area contributed by atoms with Gasteiger partial charge in [-0.25, -0.2) is 0 Å². The number of carbonyl (C=O) groups excluding carboxylic acids is 1. The van der Waals surface area contributed by atoms with Crippen LogP contribution < -0.4 is 0 Å². The zero-order valence-electron chi connectivity index (χ0n) is 9.75. The zero-order valence-corrected chi connectivity index (χ0v) is 9.75. The van der Waals surface area contributed by atoms with E-state index in [1.165, 1.54) is 12.8 Å². The molecule has 1 saturated carbocycles. The van der Waals surface area contributed by atoms with Crippen molar-refractivity contribution in [2.75, 3.05) is 13.1 Å². The lowest BCUT2D eigenvalue weighted by Crippen LogP contribution is -2.53. The maximum absolute atomic E-state index is 11.9. The first kappa shape index (κ1) is 10.8. The standard InChI is InChI=1S/C12H17N3O2/c16-10-7-14(8-10)12(17)11-5-6-15(13-11)9-3-1-2-4-9/h5-6,9-10,16H,1-4,7-8H2. The first-order chi connectivity index (χ1) is 8.24. The van der Waals surface area contributed by atoms with Crippen molar-refractivity contribution < 1.29 is 9.90 Å². The summed E-state index contributed by atoms with van der Waals surface area (Å²) < 4.78 is 1.93. The minimum Gasteiger partial charge on any atom is -0.389 e. The predicted octanol–water partition coefficient (Wildman–Crippen LogP) is 0.815. The summed E-state index contributed by atoms with van der Waals surface area (Å²) in [5, 5.41) is 13.5. The number of aromatic nitrogens is 2. The van der Waals surface area contributed by atoms with Crippen LogP contribution in [0.5, 0.6) is 0 Å². The quantitative estimate of drug-likeness (QED) is 0.825. The van der Waals surface area contributed by atoms with Crippen molar-refractivity contribution in [3.8, 4) is 0 Å². The Bertz CT molecular complexity index is 417. The summed E-state index contributed by atoms with van der Waals surface area (Å²) in [6, 6.07) is 2.25. The van der Waals surface area contributed by atoms with E-state index in [0.29, 0.717) is 24.8 Å². The summed E-state index contributed by atoms with van der Waals surface area (Å²) in [7, 11) is 0. The molecule has 0 unspecified atom stereocenters. The molecule has 2 aliphatic rings. The number of aliphatic hydroxyl groups excluding tert-OH is 1. The highest BCUT2D eigenvalue weighted by Gasteiger charge is 2.31. The Kier molecular flexibility index (Phi) is 2.63. The number of hydrogen-bond donors (Lipinski definition) is 1. The van der Waals surface area contributed by atoms with Crippen molar-refractivity contribution in [2.45, 2.75) is 37.8 Å². The molecule has 1 aliphatic heterocycles. The molecule has 17 heavy (non-hydrogen) atoms. The fraction of sp³-hybridized carbons (Fsp3) is 0.667. The van der Waals surface area contributed by atoms with Crippen LogP contribution in [-0.2, 0) is 0 Å². The van der Waals surface area contributed by atoms with Crippen molar-refractivity contribution in [3.05, 3.63) is 18.0 Å². The molecule has 1 aromatic rings. The van der Waals surface area contributed by atoms with Gasteiger partial charge in [0.2, 0.25) is 0 Å². The van der Waals surface area contributed by atoms with Crippen molar-refractivity contribution >= 4 is 5.91 Å². The van der Waals surface area contributed by atoms with Crippen LogP contribution in [0.1, 0.15) is 42.2 Å². The molecule has 2 heterocycles. The van der Waals surface area contributed by atoms with E-state index in [2.05, 4.69) is 5.10 Å². The Morgan fingerprint density at radius 2 is 2.06 bits per heavy atom. The SMILES string of the molecule is O=C(c1ccn(C2CCCC2)n1)N1CC(O)C1. The van der Waals surface area contributed by atoms with E-state index < -0.39 is 0 Å². The third-order valence-electron chi connectivity index (χ3n) is 3.68. The van der Waals surface area contributed by atoms with Crippen LogP contribution in [0, 0.1) is 0 Å². The van der Waals surface area contributed by atoms with Crippen molar-refractivity contribution in [1.29, 1.82) is 0 Å². The number of amides is 1. The summed E-state index contributed by atoms with van der Waals surface area (Å²) in [5.41, 5.74) is 0.504. The average Bonchev–Trinajstić information content (AvgIpc) is 2.92. The number of rotatable bonds is 2. The summed E-state index contributed by atoms with van der Waals surface area (Å²) in [4.78, 5) is 13.6. The van der Waals surface area contributed by atoms with Gasteiger partial charge in [-0.2, -0.15) is 5.10 Å². The summed E-state index contributed by atoms with van der Waals surface area (Å²) in [6.45, 7) is 0.879. The number of aliphatic hydroxyl groups is 1. The number of likely N-dealkylation sites (tertiary alicyclic amines) is 1. The molecule has 5 heteroatoms. The van der Waals surface area contributed by atoms with Gasteiger partial charge in [0.25, 0.3) is 5.91 Å². The highest BCUT2D eigenvalue weighted by molar-refractivity contribution is 5.92. The van der Waals surface area contributed by atoms with Crippen LogP contribution in [-0.4, -0.2) is 44.9 Å². The first-order valence-corrected chi connectivity index (χ1v) is 6.26. The number of hydrogen-bond acceptors (Lipinski definition) is 3. The Labute approximate surface area is 100 Å². The molecular weight excluding hydrogens is 218 g/mol. The van der Waals surface area contributed by atoms with Crippen LogP contribution in [0.4, 0.5) is 0 Å². The van der Waals surface area contributed by atoms with Crippen molar-refractivity contribution in [1.82, 2.24) is 14.7 Å². The fourth-order valence-electron chi connectivity index (χ4n) is 2.61. The van der Waals surface area contributed by atoms with E-state index in [9.17, 15) is 9.90 Å². The topological polar surface area (TPSA) is 58.4 Å². The van der Waals surface area contributed by atoms with Gasteiger partial charge in [0, 0.05) is 19.3 Å². The summed E-state index contributed by atoms with van der Waals surface area (Å²) >= 11 is 0. The Balaban J connectivity index is 1.69.